The van der Waals surface area contributed by atoms with Crippen LogP contribution in [0.3, 0.4) is 0 Å². The van der Waals surface area contributed by atoms with Crippen LogP contribution in [0.2, 0.25) is 0 Å². The van der Waals surface area contributed by atoms with Crippen molar-refractivity contribution in [2.75, 3.05) is 16.8 Å². The lowest BCUT2D eigenvalue weighted by Crippen LogP contribution is -2.50. The SMILES string of the molecule is CCOc1ccc2c(c1)C(C)=CC(C)(C)N2C(=S)Nc1ccccc1. The standard InChI is InChI=1S/C21H24N2OS/c1-5-24-17-11-12-19-18(13-17)15(2)14-21(3,4)23(19)20(25)22-16-9-7-6-8-10-16/h6-14H,5H2,1-4H3,(H,22,25). The van der Waals surface area contributed by atoms with Gasteiger partial charge in [0.1, 0.15) is 5.75 Å². The number of anilines is 2. The third kappa shape index (κ3) is 3.54. The minimum absolute atomic E-state index is 0.219. The van der Waals surface area contributed by atoms with E-state index in [-0.39, 0.29) is 5.54 Å². The molecule has 0 radical (unpaired) electrons. The second kappa shape index (κ2) is 6.89. The second-order valence-electron chi connectivity index (χ2n) is 6.72. The highest BCUT2D eigenvalue weighted by atomic mass is 32.1. The van der Waals surface area contributed by atoms with Gasteiger partial charge in [-0.05, 0) is 75.8 Å². The molecule has 1 heterocycles. The van der Waals surface area contributed by atoms with E-state index in [4.69, 9.17) is 17.0 Å². The third-order valence-corrected chi connectivity index (χ3v) is 4.60. The predicted octanol–water partition coefficient (Wildman–Crippen LogP) is 5.48. The van der Waals surface area contributed by atoms with Crippen LogP contribution in [0.15, 0.2) is 54.6 Å². The van der Waals surface area contributed by atoms with Crippen molar-refractivity contribution in [1.29, 1.82) is 0 Å². The summed E-state index contributed by atoms with van der Waals surface area (Å²) in [5.74, 6) is 0.885. The molecule has 0 aromatic heterocycles. The molecule has 25 heavy (non-hydrogen) atoms. The molecule has 0 spiro atoms. The lowest BCUT2D eigenvalue weighted by molar-refractivity contribution is 0.340. The first kappa shape index (κ1) is 17.5. The Hall–Kier alpha value is -2.33. The van der Waals surface area contributed by atoms with E-state index < -0.39 is 0 Å². The van der Waals surface area contributed by atoms with Crippen LogP contribution in [-0.2, 0) is 0 Å². The number of rotatable bonds is 3. The highest BCUT2D eigenvalue weighted by molar-refractivity contribution is 7.80. The molecule has 130 valence electrons. The Kier molecular flexibility index (Phi) is 4.82. The van der Waals surface area contributed by atoms with Crippen LogP contribution >= 0.6 is 12.2 Å². The number of nitrogens with zero attached hydrogens (tertiary/aromatic N) is 1. The Labute approximate surface area is 155 Å². The van der Waals surface area contributed by atoms with E-state index in [0.29, 0.717) is 11.7 Å². The second-order valence-corrected chi connectivity index (χ2v) is 7.11. The molecule has 0 unspecified atom stereocenters. The molecule has 1 aliphatic heterocycles. The van der Waals surface area contributed by atoms with Crippen LogP contribution in [-0.4, -0.2) is 17.3 Å². The third-order valence-electron chi connectivity index (χ3n) is 4.32. The molecule has 0 fully saturated rings. The molecular weight excluding hydrogens is 328 g/mol. The van der Waals surface area contributed by atoms with E-state index in [0.717, 1.165) is 22.7 Å². The predicted molar refractivity (Wildman–Crippen MR) is 110 cm³/mol. The van der Waals surface area contributed by atoms with Crippen molar-refractivity contribution in [3.8, 4) is 5.75 Å². The topological polar surface area (TPSA) is 24.5 Å². The van der Waals surface area contributed by atoms with E-state index in [1.54, 1.807) is 0 Å². The Morgan fingerprint density at radius 3 is 2.56 bits per heavy atom. The normalized spacial score (nSPS) is 15.2. The Morgan fingerprint density at radius 1 is 1.16 bits per heavy atom. The van der Waals surface area contributed by atoms with Crippen molar-refractivity contribution >= 4 is 34.3 Å². The van der Waals surface area contributed by atoms with Crippen LogP contribution in [0.1, 0.15) is 33.3 Å². The first-order valence-electron chi connectivity index (χ1n) is 8.55. The summed E-state index contributed by atoms with van der Waals surface area (Å²) < 4.78 is 5.67. The van der Waals surface area contributed by atoms with Gasteiger partial charge < -0.3 is 15.0 Å². The van der Waals surface area contributed by atoms with E-state index in [9.17, 15) is 0 Å². The highest BCUT2D eigenvalue weighted by Crippen LogP contribution is 2.40. The molecule has 0 atom stereocenters. The van der Waals surface area contributed by atoms with E-state index >= 15 is 0 Å². The van der Waals surface area contributed by atoms with Crippen LogP contribution in [0.5, 0.6) is 5.75 Å². The first-order valence-corrected chi connectivity index (χ1v) is 8.96. The zero-order chi connectivity index (χ0) is 18.0. The van der Waals surface area contributed by atoms with Gasteiger partial charge in [-0.1, -0.05) is 24.3 Å². The fraction of sp³-hybridized carbons (Fsp3) is 0.286. The van der Waals surface area contributed by atoms with Gasteiger partial charge in [-0.2, -0.15) is 0 Å². The van der Waals surface area contributed by atoms with Crippen LogP contribution in [0.25, 0.3) is 5.57 Å². The number of nitrogens with one attached hydrogen (secondary N) is 1. The summed E-state index contributed by atoms with van der Waals surface area (Å²) in [4.78, 5) is 2.17. The minimum Gasteiger partial charge on any atom is -0.494 e. The number of thiocarbonyl (C=S) groups is 1. The van der Waals surface area contributed by atoms with Crippen molar-refractivity contribution in [2.24, 2.45) is 0 Å². The van der Waals surface area contributed by atoms with Gasteiger partial charge in [0.25, 0.3) is 0 Å². The number of benzene rings is 2. The fourth-order valence-electron chi connectivity index (χ4n) is 3.34. The molecule has 0 saturated carbocycles. The molecule has 0 aliphatic carbocycles. The maximum atomic E-state index is 5.76. The Balaban J connectivity index is 2.00. The number of hydrogen-bond acceptors (Lipinski definition) is 2. The van der Waals surface area contributed by atoms with Gasteiger partial charge >= 0.3 is 0 Å². The van der Waals surface area contributed by atoms with Gasteiger partial charge in [0.05, 0.1) is 17.8 Å². The van der Waals surface area contributed by atoms with Crippen LogP contribution < -0.4 is 15.0 Å². The number of para-hydroxylation sites is 1. The van der Waals surface area contributed by atoms with E-state index in [2.05, 4.69) is 49.2 Å². The molecule has 1 N–H and O–H groups in total. The molecule has 2 aromatic carbocycles. The fourth-order valence-corrected chi connectivity index (χ4v) is 3.79. The van der Waals surface area contributed by atoms with Crippen molar-refractivity contribution in [3.05, 3.63) is 60.2 Å². The molecule has 0 saturated heterocycles. The van der Waals surface area contributed by atoms with Gasteiger partial charge in [-0.3, -0.25) is 0 Å². The molecular formula is C21H24N2OS. The van der Waals surface area contributed by atoms with Crippen molar-refractivity contribution < 1.29 is 4.74 Å². The molecule has 1 aliphatic rings. The zero-order valence-corrected chi connectivity index (χ0v) is 16.0. The summed E-state index contributed by atoms with van der Waals surface area (Å²) in [6, 6.07) is 16.2. The number of fused-ring (bicyclic) bond motifs is 1. The monoisotopic (exact) mass is 352 g/mol. The Morgan fingerprint density at radius 2 is 1.88 bits per heavy atom. The zero-order valence-electron chi connectivity index (χ0n) is 15.2. The maximum absolute atomic E-state index is 5.76. The van der Waals surface area contributed by atoms with E-state index in [1.165, 1.54) is 5.57 Å². The summed E-state index contributed by atoms with van der Waals surface area (Å²) >= 11 is 5.76. The Bertz CT molecular complexity index is 812. The van der Waals surface area contributed by atoms with Gasteiger partial charge in [-0.25, -0.2) is 0 Å². The average Bonchev–Trinajstić information content (AvgIpc) is 2.56. The van der Waals surface area contributed by atoms with Crippen molar-refractivity contribution in [2.45, 2.75) is 33.2 Å². The molecule has 0 amide bonds. The maximum Gasteiger partial charge on any atom is 0.178 e. The molecule has 2 aromatic rings. The molecule has 3 rings (SSSR count). The lowest BCUT2D eigenvalue weighted by Gasteiger charge is -2.43. The van der Waals surface area contributed by atoms with Crippen LogP contribution in [0.4, 0.5) is 11.4 Å². The quantitative estimate of drug-likeness (QED) is 0.739. The largest absolute Gasteiger partial charge is 0.494 e. The first-order chi connectivity index (χ1) is 11.9. The summed E-state index contributed by atoms with van der Waals surface area (Å²) in [5, 5.41) is 4.05. The molecule has 3 nitrogen and oxygen atoms in total. The van der Waals surface area contributed by atoms with Crippen molar-refractivity contribution in [3.63, 3.8) is 0 Å². The molecule has 0 bridgehead atoms. The smallest absolute Gasteiger partial charge is 0.178 e. The van der Waals surface area contributed by atoms with Gasteiger partial charge in [-0.15, -0.1) is 0 Å². The number of allylic oxidation sites excluding steroid dienone is 1. The summed E-state index contributed by atoms with van der Waals surface area (Å²) in [7, 11) is 0. The van der Waals surface area contributed by atoms with Gasteiger partial charge in [0.2, 0.25) is 0 Å². The molecule has 4 heteroatoms. The number of hydrogen-bond donors (Lipinski definition) is 1. The number of ether oxygens (including phenoxy) is 1. The highest BCUT2D eigenvalue weighted by Gasteiger charge is 2.34. The van der Waals surface area contributed by atoms with Crippen molar-refractivity contribution in [1.82, 2.24) is 0 Å². The van der Waals surface area contributed by atoms with Gasteiger partial charge in [0.15, 0.2) is 5.11 Å². The summed E-state index contributed by atoms with van der Waals surface area (Å²) in [6.45, 7) is 9.15. The average molecular weight is 353 g/mol. The lowest BCUT2D eigenvalue weighted by atomic mass is 9.89. The summed E-state index contributed by atoms with van der Waals surface area (Å²) in [5.41, 5.74) is 4.26. The minimum atomic E-state index is -0.219. The van der Waals surface area contributed by atoms with E-state index in [1.807, 2.05) is 43.3 Å². The van der Waals surface area contributed by atoms with Gasteiger partial charge in [0, 0.05) is 11.3 Å². The summed E-state index contributed by atoms with van der Waals surface area (Å²) in [6.07, 6.45) is 2.25. The van der Waals surface area contributed by atoms with Crippen LogP contribution in [0, 0.1) is 0 Å².